The van der Waals surface area contributed by atoms with Crippen LogP contribution in [0.4, 0.5) is 8.78 Å². The molecule has 0 unspecified atom stereocenters. The van der Waals surface area contributed by atoms with Crippen LogP contribution in [-0.4, -0.2) is 76.3 Å². The van der Waals surface area contributed by atoms with E-state index in [9.17, 15) is 42.3 Å². The standard InChI is InChI=1S/C22H16ClN3O3.C15H15ClN2O.C15H15FN2O.C14H13FN2O.C13H11ClN2O2/c1-12-19(20(24)27)18(13-6-8-14(23)9-7-13)10-15(25-12)11-26-21(28)16-4-2-3-5-17(16)22(26)29;2*1-3-12-8-13(10-4-6-11(16)7-5-10)14(15(17)19)9(2)18-12;1-2-11-7-12(13(8-17-11)14(16)18)9-3-5-10(15)6-4-9;14-9-3-1-8(2-4-9)11-5-10(7-17)16-6-12(11)13(15)18/h2-10H,11H2,1H3,(H2,24,27);2*4-8H,3H2,1-2H3,(H2,17,19);3-8H,2H2,1H3,(H2,16,18);1-6,17H,7H2,(H2,15,18). The van der Waals surface area contributed by atoms with Gasteiger partial charge in [-0.3, -0.25) is 63.4 Å². The summed E-state index contributed by atoms with van der Waals surface area (Å²) in [5, 5.41) is 10.9. The number of hydrogen-bond acceptors (Lipinski definition) is 13. The summed E-state index contributed by atoms with van der Waals surface area (Å²) in [5.74, 6) is -4.04. The summed E-state index contributed by atoms with van der Waals surface area (Å²) < 4.78 is 25.9. The second-order valence-corrected chi connectivity index (χ2v) is 24.4. The van der Waals surface area contributed by atoms with E-state index in [2.05, 4.69) is 24.9 Å². The lowest BCUT2D eigenvalue weighted by molar-refractivity contribution is 0.0638. The number of amides is 7. The molecular formula is C79H70Cl3F2N11O8. The predicted molar refractivity (Wildman–Crippen MR) is 395 cm³/mol. The number of nitrogens with zero attached hydrogens (tertiary/aromatic N) is 6. The Morgan fingerprint density at radius 1 is 0.388 bits per heavy atom. The summed E-state index contributed by atoms with van der Waals surface area (Å²) in [6.45, 7) is 11.0. The van der Waals surface area contributed by atoms with E-state index in [1.54, 1.807) is 142 Å². The predicted octanol–water partition coefficient (Wildman–Crippen LogP) is 14.4. The van der Waals surface area contributed by atoms with Crippen molar-refractivity contribution in [1.29, 1.82) is 0 Å². The molecule has 1 aliphatic rings. The number of aliphatic hydroxyl groups excluding tert-OH is 1. The van der Waals surface area contributed by atoms with Crippen LogP contribution in [0.15, 0.2) is 188 Å². The number of imide groups is 1. The molecule has 0 atom stereocenters. The number of carbonyl (C=O) groups excluding carboxylic acids is 7. The first-order valence-corrected chi connectivity index (χ1v) is 33.1. The molecule has 6 heterocycles. The molecule has 6 aromatic carbocycles. The third-order valence-electron chi connectivity index (χ3n) is 16.2. The van der Waals surface area contributed by atoms with Crippen molar-refractivity contribution < 1.29 is 47.4 Å². The number of nitrogens with two attached hydrogens (primary N) is 5. The van der Waals surface area contributed by atoms with Crippen molar-refractivity contribution in [3.63, 3.8) is 0 Å². The molecule has 103 heavy (non-hydrogen) atoms. The Kier molecular flexibility index (Phi) is 26.2. The highest BCUT2D eigenvalue weighted by atomic mass is 35.5. The van der Waals surface area contributed by atoms with E-state index in [1.165, 1.54) is 36.7 Å². The summed E-state index contributed by atoms with van der Waals surface area (Å²) in [6.07, 6.45) is 5.17. The first-order valence-electron chi connectivity index (χ1n) is 32.0. The Morgan fingerprint density at radius 2 is 0.670 bits per heavy atom. The highest BCUT2D eigenvalue weighted by Crippen LogP contribution is 2.33. The minimum atomic E-state index is -0.604. The molecule has 11 aromatic rings. The number of aryl methyl sites for hydroxylation is 6. The average molecular weight is 1450 g/mol. The first-order chi connectivity index (χ1) is 49.1. The van der Waals surface area contributed by atoms with E-state index < -0.39 is 29.5 Å². The molecule has 24 heteroatoms. The van der Waals surface area contributed by atoms with Crippen LogP contribution in [0.2, 0.25) is 15.1 Å². The monoisotopic (exact) mass is 1440 g/mol. The Balaban J connectivity index is 0.000000166. The molecule has 11 N–H and O–H groups in total. The van der Waals surface area contributed by atoms with Crippen molar-refractivity contribution in [2.24, 2.45) is 28.7 Å². The first kappa shape index (κ1) is 77.0. The fraction of sp³-hybridized carbons (Fsp3) is 0.139. The summed E-state index contributed by atoms with van der Waals surface area (Å²) in [7, 11) is 0. The second-order valence-electron chi connectivity index (χ2n) is 23.1. The Bertz CT molecular complexity index is 4760. The number of rotatable bonds is 16. The fourth-order valence-corrected chi connectivity index (χ4v) is 11.5. The third kappa shape index (κ3) is 19.2. The smallest absolute Gasteiger partial charge is 0.261 e. The summed E-state index contributed by atoms with van der Waals surface area (Å²) >= 11 is 17.7. The molecule has 0 radical (unpaired) electrons. The van der Waals surface area contributed by atoms with E-state index in [0.717, 1.165) is 74.6 Å². The molecule has 7 amide bonds. The minimum Gasteiger partial charge on any atom is -0.390 e. The molecule has 0 saturated heterocycles. The van der Waals surface area contributed by atoms with Gasteiger partial charge in [0, 0.05) is 44.5 Å². The van der Waals surface area contributed by atoms with Crippen LogP contribution in [-0.2, 0) is 32.4 Å². The van der Waals surface area contributed by atoms with Crippen LogP contribution in [0, 0.1) is 32.4 Å². The summed E-state index contributed by atoms with van der Waals surface area (Å²) in [5.41, 5.74) is 42.4. The Morgan fingerprint density at radius 3 is 0.981 bits per heavy atom. The fourth-order valence-electron chi connectivity index (χ4n) is 11.1. The molecule has 1 aliphatic heterocycles. The Hall–Kier alpha value is -11.8. The van der Waals surface area contributed by atoms with Gasteiger partial charge in [0.05, 0.1) is 80.6 Å². The number of primary amides is 5. The lowest BCUT2D eigenvalue weighted by Crippen LogP contribution is -2.30. The molecule has 12 rings (SSSR count). The highest BCUT2D eigenvalue weighted by molar-refractivity contribution is 6.31. The zero-order chi connectivity index (χ0) is 74.9. The van der Waals surface area contributed by atoms with E-state index in [-0.39, 0.29) is 36.6 Å². The zero-order valence-corrected chi connectivity index (χ0v) is 59.0. The molecule has 5 aromatic heterocycles. The summed E-state index contributed by atoms with van der Waals surface area (Å²) in [4.78, 5) is 106. The number of hydrogen-bond donors (Lipinski definition) is 6. The second kappa shape index (κ2) is 35.0. The normalized spacial score (nSPS) is 11.1. The number of carbonyl (C=O) groups is 7. The van der Waals surface area contributed by atoms with Crippen LogP contribution in [0.25, 0.3) is 55.6 Å². The van der Waals surface area contributed by atoms with E-state index >= 15 is 0 Å². The number of pyridine rings is 5. The molecular weight excluding hydrogens is 1380 g/mol. The lowest BCUT2D eigenvalue weighted by atomic mass is 9.97. The lowest BCUT2D eigenvalue weighted by Gasteiger charge is -2.17. The maximum atomic E-state index is 13.0. The van der Waals surface area contributed by atoms with E-state index in [0.29, 0.717) is 105 Å². The van der Waals surface area contributed by atoms with Gasteiger partial charge in [-0.25, -0.2) is 8.78 Å². The quantitative estimate of drug-likeness (QED) is 0.0491. The number of fused-ring (bicyclic) bond motifs is 1. The van der Waals surface area contributed by atoms with Crippen LogP contribution in [0.3, 0.4) is 0 Å². The number of aliphatic hydroxyl groups is 1. The highest BCUT2D eigenvalue weighted by Gasteiger charge is 2.36. The van der Waals surface area contributed by atoms with Gasteiger partial charge in [0.25, 0.3) is 41.4 Å². The van der Waals surface area contributed by atoms with Crippen molar-refractivity contribution in [3.05, 3.63) is 300 Å². The van der Waals surface area contributed by atoms with Gasteiger partial charge in [0.1, 0.15) is 11.6 Å². The molecule has 0 aliphatic carbocycles. The van der Waals surface area contributed by atoms with Gasteiger partial charge in [0.2, 0.25) is 0 Å². The van der Waals surface area contributed by atoms with Crippen LogP contribution < -0.4 is 28.7 Å². The third-order valence-corrected chi connectivity index (χ3v) is 16.9. The Labute approximate surface area is 607 Å². The molecule has 524 valence electrons. The van der Waals surface area contributed by atoms with Gasteiger partial charge in [-0.2, -0.15) is 0 Å². The van der Waals surface area contributed by atoms with Crippen LogP contribution in [0.1, 0.15) is 139 Å². The number of benzene rings is 6. The van der Waals surface area contributed by atoms with Gasteiger partial charge in [-0.1, -0.05) is 128 Å². The average Bonchev–Trinajstić information content (AvgIpc) is 1.69. The van der Waals surface area contributed by atoms with E-state index in [1.807, 2.05) is 51.1 Å². The summed E-state index contributed by atoms with van der Waals surface area (Å²) in [6, 6.07) is 48.8. The largest absolute Gasteiger partial charge is 0.390 e. The van der Waals surface area contributed by atoms with Gasteiger partial charge < -0.3 is 33.8 Å². The van der Waals surface area contributed by atoms with Gasteiger partial charge in [-0.05, 0) is 199 Å². The maximum Gasteiger partial charge on any atom is 0.261 e. The SMILES string of the molecule is CCc1cc(-c2ccc(Cl)cc2)c(C(N)=O)c(C)n1.CCc1cc(-c2ccc(F)cc2)c(C(N)=O)c(C)n1.CCc1cc(-c2ccc(F)cc2)c(C(N)=O)cn1.Cc1nc(CN2C(=O)c3ccccc3C2=O)cc(-c2ccc(Cl)cc2)c1C(N)=O.NC(=O)c1cnc(CO)cc1-c1ccc(Cl)cc1. The van der Waals surface area contributed by atoms with Crippen LogP contribution >= 0.6 is 34.8 Å². The minimum absolute atomic E-state index is 0.00712. The van der Waals surface area contributed by atoms with Crippen molar-refractivity contribution in [2.45, 2.75) is 74.0 Å². The zero-order valence-electron chi connectivity index (χ0n) is 56.7. The van der Waals surface area contributed by atoms with Crippen molar-refractivity contribution in [3.8, 4) is 55.6 Å². The maximum absolute atomic E-state index is 13.0. The van der Waals surface area contributed by atoms with Crippen molar-refractivity contribution >= 4 is 76.2 Å². The van der Waals surface area contributed by atoms with Crippen molar-refractivity contribution in [1.82, 2.24) is 29.8 Å². The van der Waals surface area contributed by atoms with Gasteiger partial charge in [-0.15, -0.1) is 0 Å². The van der Waals surface area contributed by atoms with Gasteiger partial charge >= 0.3 is 0 Å². The number of halogens is 5. The van der Waals surface area contributed by atoms with Crippen molar-refractivity contribution in [2.75, 3.05) is 0 Å². The molecule has 0 fully saturated rings. The molecule has 19 nitrogen and oxygen atoms in total. The van der Waals surface area contributed by atoms with E-state index in [4.69, 9.17) is 68.6 Å². The topological polar surface area (TPSA) is 338 Å². The molecule has 0 saturated carbocycles. The van der Waals surface area contributed by atoms with Crippen LogP contribution in [0.5, 0.6) is 0 Å². The number of aromatic nitrogens is 5. The molecule has 0 spiro atoms. The van der Waals surface area contributed by atoms with Gasteiger partial charge in [0.15, 0.2) is 0 Å². The molecule has 0 bridgehead atoms.